The molecule has 0 spiro atoms. The van der Waals surface area contributed by atoms with Gasteiger partial charge in [0, 0.05) is 0 Å². The highest BCUT2D eigenvalue weighted by Gasteiger charge is 2.50. The van der Waals surface area contributed by atoms with Crippen molar-refractivity contribution in [1.29, 1.82) is 0 Å². The van der Waals surface area contributed by atoms with E-state index < -0.39 is 17.6 Å². The molecular weight excluding hydrogens is 146 g/mol. The van der Waals surface area contributed by atoms with E-state index in [1.54, 1.807) is 6.92 Å². The Balaban J connectivity index is 2.51. The molecule has 4 heteroatoms. The van der Waals surface area contributed by atoms with Gasteiger partial charge in [-0.3, -0.25) is 0 Å². The molecule has 0 aromatic carbocycles. The normalized spacial score (nSPS) is 36.1. The van der Waals surface area contributed by atoms with Gasteiger partial charge in [-0.05, 0) is 19.8 Å². The van der Waals surface area contributed by atoms with Crippen molar-refractivity contribution in [3.63, 3.8) is 0 Å². The van der Waals surface area contributed by atoms with Crippen LogP contribution < -0.4 is 5.73 Å². The molecule has 0 heterocycles. The molecule has 64 valence electrons. The van der Waals surface area contributed by atoms with Gasteiger partial charge >= 0.3 is 5.97 Å². The number of ether oxygens (including phenoxy) is 1. The lowest BCUT2D eigenvalue weighted by molar-refractivity contribution is -0.161. The molecule has 0 amide bonds. The molecule has 11 heavy (non-hydrogen) atoms. The van der Waals surface area contributed by atoms with Crippen molar-refractivity contribution in [2.24, 2.45) is 5.73 Å². The number of nitrogens with two attached hydrogens (primary N) is 1. The number of hydrogen-bond donors (Lipinski definition) is 2. The third-order valence-electron chi connectivity index (χ3n) is 2.08. The zero-order valence-corrected chi connectivity index (χ0v) is 6.54. The Kier molecular flexibility index (Phi) is 2.15. The third-order valence-corrected chi connectivity index (χ3v) is 2.08. The molecule has 0 saturated heterocycles. The average molecular weight is 159 g/mol. The van der Waals surface area contributed by atoms with E-state index in [4.69, 9.17) is 15.6 Å². The van der Waals surface area contributed by atoms with Crippen molar-refractivity contribution >= 4 is 5.97 Å². The fraction of sp³-hybridized carbons (Fsp3) is 0.857. The Bertz CT molecular complexity index is 171. The molecule has 4 nitrogen and oxygen atoms in total. The van der Waals surface area contributed by atoms with E-state index in [-0.39, 0.29) is 0 Å². The fourth-order valence-electron chi connectivity index (χ4n) is 1.09. The summed E-state index contributed by atoms with van der Waals surface area (Å²) in [6, 6.07) is 0. The maximum absolute atomic E-state index is 11.1. The minimum atomic E-state index is -1.12. The predicted octanol–water partition coefficient (Wildman–Crippen LogP) is -0.598. The van der Waals surface area contributed by atoms with Gasteiger partial charge in [0.25, 0.3) is 0 Å². The van der Waals surface area contributed by atoms with Gasteiger partial charge in [0.2, 0.25) is 0 Å². The lowest BCUT2D eigenvalue weighted by Gasteiger charge is -2.40. The highest BCUT2D eigenvalue weighted by Crippen LogP contribution is 2.30. The Hall–Kier alpha value is -0.610. The molecule has 0 radical (unpaired) electrons. The van der Waals surface area contributed by atoms with Crippen LogP contribution >= 0.6 is 0 Å². The molecule has 1 saturated carbocycles. The van der Waals surface area contributed by atoms with Crippen molar-refractivity contribution < 1.29 is 14.6 Å². The van der Waals surface area contributed by atoms with Gasteiger partial charge in [0.15, 0.2) is 0 Å². The van der Waals surface area contributed by atoms with Gasteiger partial charge in [-0.1, -0.05) is 0 Å². The lowest BCUT2D eigenvalue weighted by atomic mass is 9.75. The Morgan fingerprint density at radius 1 is 1.91 bits per heavy atom. The number of aliphatic hydroxyl groups excluding tert-OH is 1. The summed E-state index contributed by atoms with van der Waals surface area (Å²) in [5.41, 5.74) is 4.44. The van der Waals surface area contributed by atoms with Crippen molar-refractivity contribution in [2.45, 2.75) is 31.4 Å². The standard InChI is InChI=1S/C7H13NO3/c1-2-11-6(10)7(8)4-3-5(7)9/h5,9H,2-4,8H2,1H3/t5-,7?/m0/s1. The molecule has 2 atom stereocenters. The molecule has 1 rings (SSSR count). The van der Waals surface area contributed by atoms with Crippen LogP contribution in [0.15, 0.2) is 0 Å². The van der Waals surface area contributed by atoms with E-state index in [9.17, 15) is 4.79 Å². The number of aliphatic hydroxyl groups is 1. The van der Waals surface area contributed by atoms with Crippen LogP contribution in [0.2, 0.25) is 0 Å². The number of rotatable bonds is 2. The summed E-state index contributed by atoms with van der Waals surface area (Å²) in [4.78, 5) is 11.1. The minimum absolute atomic E-state index is 0.310. The van der Waals surface area contributed by atoms with Gasteiger partial charge in [0.1, 0.15) is 5.54 Å². The molecule has 3 N–H and O–H groups in total. The Labute approximate surface area is 65.3 Å². The first-order valence-corrected chi connectivity index (χ1v) is 3.75. The fourth-order valence-corrected chi connectivity index (χ4v) is 1.09. The summed E-state index contributed by atoms with van der Waals surface area (Å²) in [5.74, 6) is -0.487. The second-order valence-electron chi connectivity index (χ2n) is 2.82. The molecule has 0 bridgehead atoms. The summed E-state index contributed by atoms with van der Waals surface area (Å²) in [7, 11) is 0. The van der Waals surface area contributed by atoms with Gasteiger partial charge in [-0.25, -0.2) is 4.79 Å². The molecule has 1 aliphatic carbocycles. The van der Waals surface area contributed by atoms with Gasteiger partial charge in [-0.2, -0.15) is 0 Å². The number of esters is 1. The van der Waals surface area contributed by atoms with Crippen LogP contribution in [0.4, 0.5) is 0 Å². The van der Waals surface area contributed by atoms with Gasteiger partial charge < -0.3 is 15.6 Å². The first kappa shape index (κ1) is 8.49. The number of hydrogen-bond acceptors (Lipinski definition) is 4. The van der Waals surface area contributed by atoms with Gasteiger partial charge in [0.05, 0.1) is 12.7 Å². The van der Waals surface area contributed by atoms with Crippen LogP contribution in [0.5, 0.6) is 0 Å². The highest BCUT2D eigenvalue weighted by atomic mass is 16.5. The zero-order chi connectivity index (χ0) is 8.48. The summed E-state index contributed by atoms with van der Waals surface area (Å²) < 4.78 is 4.70. The molecule has 1 unspecified atom stereocenters. The molecule has 1 aliphatic rings. The Morgan fingerprint density at radius 3 is 2.82 bits per heavy atom. The van der Waals surface area contributed by atoms with Crippen LogP contribution in [0.25, 0.3) is 0 Å². The van der Waals surface area contributed by atoms with Crippen LogP contribution in [-0.4, -0.2) is 29.3 Å². The van der Waals surface area contributed by atoms with E-state index in [0.29, 0.717) is 19.4 Å². The van der Waals surface area contributed by atoms with E-state index in [2.05, 4.69) is 0 Å². The molecule has 1 fully saturated rings. The van der Waals surface area contributed by atoms with E-state index >= 15 is 0 Å². The summed E-state index contributed by atoms with van der Waals surface area (Å²) >= 11 is 0. The van der Waals surface area contributed by atoms with Crippen molar-refractivity contribution in [1.82, 2.24) is 0 Å². The monoisotopic (exact) mass is 159 g/mol. The van der Waals surface area contributed by atoms with Crippen LogP contribution in [-0.2, 0) is 9.53 Å². The van der Waals surface area contributed by atoms with Crippen LogP contribution in [0, 0.1) is 0 Å². The Morgan fingerprint density at radius 2 is 2.55 bits per heavy atom. The third kappa shape index (κ3) is 1.23. The topological polar surface area (TPSA) is 72.5 Å². The van der Waals surface area contributed by atoms with Crippen LogP contribution in [0.1, 0.15) is 19.8 Å². The first-order valence-electron chi connectivity index (χ1n) is 3.75. The summed E-state index contributed by atoms with van der Waals surface area (Å²) in [6.45, 7) is 2.02. The second kappa shape index (κ2) is 2.79. The largest absolute Gasteiger partial charge is 0.465 e. The quantitative estimate of drug-likeness (QED) is 0.528. The predicted molar refractivity (Wildman–Crippen MR) is 38.8 cm³/mol. The number of carbonyl (C=O) groups excluding carboxylic acids is 1. The first-order chi connectivity index (χ1) is 5.11. The second-order valence-corrected chi connectivity index (χ2v) is 2.82. The van der Waals surface area contributed by atoms with Crippen molar-refractivity contribution in [2.75, 3.05) is 6.61 Å². The van der Waals surface area contributed by atoms with Crippen molar-refractivity contribution in [3.8, 4) is 0 Å². The highest BCUT2D eigenvalue weighted by molar-refractivity contribution is 5.82. The minimum Gasteiger partial charge on any atom is -0.465 e. The lowest BCUT2D eigenvalue weighted by Crippen LogP contribution is -2.64. The summed E-state index contributed by atoms with van der Waals surface area (Å²) in [5, 5.41) is 9.14. The zero-order valence-electron chi connectivity index (χ0n) is 6.54. The molecule has 0 aromatic heterocycles. The maximum Gasteiger partial charge on any atom is 0.328 e. The number of carbonyl (C=O) groups is 1. The van der Waals surface area contributed by atoms with E-state index in [1.807, 2.05) is 0 Å². The molecule has 0 aliphatic heterocycles. The average Bonchev–Trinajstić information content (AvgIpc) is 2.01. The van der Waals surface area contributed by atoms with E-state index in [1.165, 1.54) is 0 Å². The maximum atomic E-state index is 11.1. The summed E-state index contributed by atoms with van der Waals surface area (Å²) in [6.07, 6.45) is 0.393. The smallest absolute Gasteiger partial charge is 0.328 e. The van der Waals surface area contributed by atoms with Crippen LogP contribution in [0.3, 0.4) is 0 Å². The SMILES string of the molecule is CCOC(=O)C1(N)CC[C@@H]1O. The van der Waals surface area contributed by atoms with Gasteiger partial charge in [-0.15, -0.1) is 0 Å². The molecular formula is C7H13NO3. The van der Waals surface area contributed by atoms with Crippen molar-refractivity contribution in [3.05, 3.63) is 0 Å². The molecule has 0 aromatic rings. The van der Waals surface area contributed by atoms with E-state index in [0.717, 1.165) is 0 Å².